The van der Waals surface area contributed by atoms with E-state index in [0.717, 1.165) is 50.5 Å². The third-order valence-corrected chi connectivity index (χ3v) is 4.03. The Balaban J connectivity index is 2.24. The van der Waals surface area contributed by atoms with Crippen molar-refractivity contribution in [3.8, 4) is 11.5 Å². The normalized spacial score (nSPS) is 17.2. The van der Waals surface area contributed by atoms with Crippen LogP contribution >= 0.6 is 0 Å². The van der Waals surface area contributed by atoms with E-state index >= 15 is 0 Å². The number of nitrogens with one attached hydrogen (secondary N) is 1. The number of hydrogen-bond donors (Lipinski definition) is 1. The fraction of sp³-hybridized carbons (Fsp3) is 0.529. The first-order chi connectivity index (χ1) is 10.3. The van der Waals surface area contributed by atoms with Crippen molar-refractivity contribution in [2.75, 3.05) is 40.4 Å². The largest absolute Gasteiger partial charge is 0.493 e. The van der Waals surface area contributed by atoms with Crippen LogP contribution in [-0.2, 0) is 0 Å². The molecule has 0 amide bonds. The van der Waals surface area contributed by atoms with Gasteiger partial charge in [0.25, 0.3) is 0 Å². The highest BCUT2D eigenvalue weighted by Crippen LogP contribution is 2.34. The number of allylic oxidation sites excluding steroid dienone is 1. The van der Waals surface area contributed by atoms with E-state index in [1.807, 2.05) is 12.1 Å². The standard InChI is InChI=1S/C17H26N2O2/c1-4-5-6-15(19-11-9-18-10-12-19)14-7-8-16(20-2)17(13-14)21-3/h4,7-8,13,15,18H,1,5-6,9-12H2,2-3H3/t15-/m1/s1. The monoisotopic (exact) mass is 290 g/mol. The summed E-state index contributed by atoms with van der Waals surface area (Å²) >= 11 is 0. The lowest BCUT2D eigenvalue weighted by Gasteiger charge is -2.35. The molecular formula is C17H26N2O2. The van der Waals surface area contributed by atoms with E-state index in [4.69, 9.17) is 9.47 Å². The maximum atomic E-state index is 5.44. The predicted octanol–water partition coefficient (Wildman–Crippen LogP) is 2.62. The quantitative estimate of drug-likeness (QED) is 0.783. The van der Waals surface area contributed by atoms with Gasteiger partial charge in [0.1, 0.15) is 0 Å². The van der Waals surface area contributed by atoms with Gasteiger partial charge in [-0.3, -0.25) is 4.90 Å². The second-order valence-corrected chi connectivity index (χ2v) is 5.28. The number of hydrogen-bond acceptors (Lipinski definition) is 4. The Bertz CT molecular complexity index is 456. The van der Waals surface area contributed by atoms with Gasteiger partial charge >= 0.3 is 0 Å². The van der Waals surface area contributed by atoms with Crippen LogP contribution in [-0.4, -0.2) is 45.3 Å². The Hall–Kier alpha value is -1.52. The van der Waals surface area contributed by atoms with Gasteiger partial charge in [0, 0.05) is 32.2 Å². The highest BCUT2D eigenvalue weighted by molar-refractivity contribution is 5.43. The zero-order valence-electron chi connectivity index (χ0n) is 13.1. The van der Waals surface area contributed by atoms with Gasteiger partial charge in [0.2, 0.25) is 0 Å². The summed E-state index contributed by atoms with van der Waals surface area (Å²) in [6, 6.07) is 6.66. The molecule has 4 heteroatoms. The maximum Gasteiger partial charge on any atom is 0.161 e. The van der Waals surface area contributed by atoms with Crippen LogP contribution in [0.2, 0.25) is 0 Å². The van der Waals surface area contributed by atoms with Crippen LogP contribution in [0.5, 0.6) is 11.5 Å². The van der Waals surface area contributed by atoms with Gasteiger partial charge in [-0.25, -0.2) is 0 Å². The van der Waals surface area contributed by atoms with Gasteiger partial charge < -0.3 is 14.8 Å². The van der Waals surface area contributed by atoms with E-state index < -0.39 is 0 Å². The number of rotatable bonds is 7. The van der Waals surface area contributed by atoms with Gasteiger partial charge in [0.15, 0.2) is 11.5 Å². The van der Waals surface area contributed by atoms with Crippen molar-refractivity contribution in [3.05, 3.63) is 36.4 Å². The van der Waals surface area contributed by atoms with Crippen molar-refractivity contribution in [1.29, 1.82) is 0 Å². The van der Waals surface area contributed by atoms with Crippen LogP contribution in [0.15, 0.2) is 30.9 Å². The summed E-state index contributed by atoms with van der Waals surface area (Å²) in [4.78, 5) is 2.54. The topological polar surface area (TPSA) is 33.7 Å². The van der Waals surface area contributed by atoms with Gasteiger partial charge in [-0.15, -0.1) is 6.58 Å². The van der Waals surface area contributed by atoms with E-state index in [-0.39, 0.29) is 0 Å². The molecule has 2 rings (SSSR count). The molecule has 1 aromatic rings. The minimum absolute atomic E-state index is 0.407. The molecule has 0 unspecified atom stereocenters. The minimum Gasteiger partial charge on any atom is -0.493 e. The van der Waals surface area contributed by atoms with Crippen molar-refractivity contribution >= 4 is 0 Å². The minimum atomic E-state index is 0.407. The summed E-state index contributed by atoms with van der Waals surface area (Å²) in [6.07, 6.45) is 4.10. The summed E-state index contributed by atoms with van der Waals surface area (Å²) in [7, 11) is 3.36. The van der Waals surface area contributed by atoms with Gasteiger partial charge in [0.05, 0.1) is 14.2 Å². The van der Waals surface area contributed by atoms with Crippen molar-refractivity contribution in [2.24, 2.45) is 0 Å². The number of nitrogens with zero attached hydrogens (tertiary/aromatic N) is 1. The first-order valence-electron chi connectivity index (χ1n) is 7.57. The Morgan fingerprint density at radius 1 is 1.24 bits per heavy atom. The molecule has 1 fully saturated rings. The Kier molecular flexibility index (Phi) is 6.08. The molecule has 0 aliphatic carbocycles. The Morgan fingerprint density at radius 3 is 2.57 bits per heavy atom. The first-order valence-corrected chi connectivity index (χ1v) is 7.57. The molecule has 1 saturated heterocycles. The third-order valence-electron chi connectivity index (χ3n) is 4.03. The van der Waals surface area contributed by atoms with Crippen molar-refractivity contribution in [2.45, 2.75) is 18.9 Å². The number of benzene rings is 1. The Labute approximate surface area is 127 Å². The third kappa shape index (κ3) is 3.99. The molecule has 116 valence electrons. The summed E-state index contributed by atoms with van der Waals surface area (Å²) in [5.41, 5.74) is 1.29. The second-order valence-electron chi connectivity index (χ2n) is 5.28. The maximum absolute atomic E-state index is 5.44. The number of ether oxygens (including phenoxy) is 2. The lowest BCUT2D eigenvalue weighted by Crippen LogP contribution is -2.45. The van der Waals surface area contributed by atoms with Crippen LogP contribution in [0.3, 0.4) is 0 Å². The molecule has 0 saturated carbocycles. The molecule has 0 spiro atoms. The highest BCUT2D eigenvalue weighted by atomic mass is 16.5. The molecule has 1 N–H and O–H groups in total. The molecule has 1 aliphatic heterocycles. The van der Waals surface area contributed by atoms with Crippen molar-refractivity contribution < 1.29 is 9.47 Å². The summed E-state index contributed by atoms with van der Waals surface area (Å²) < 4.78 is 10.8. The zero-order valence-corrected chi connectivity index (χ0v) is 13.1. The van der Waals surface area contributed by atoms with E-state index in [1.165, 1.54) is 5.56 Å². The SMILES string of the molecule is C=CCC[C@H](c1ccc(OC)c(OC)c1)N1CCNCC1. The summed E-state index contributed by atoms with van der Waals surface area (Å²) in [5, 5.41) is 3.41. The average Bonchev–Trinajstić information content (AvgIpc) is 2.56. The molecule has 1 aliphatic rings. The van der Waals surface area contributed by atoms with E-state index in [2.05, 4.69) is 28.9 Å². The molecule has 4 nitrogen and oxygen atoms in total. The smallest absolute Gasteiger partial charge is 0.161 e. The van der Waals surface area contributed by atoms with Crippen LogP contribution in [0, 0.1) is 0 Å². The molecule has 0 radical (unpaired) electrons. The molecule has 1 aromatic carbocycles. The van der Waals surface area contributed by atoms with Gasteiger partial charge in [-0.2, -0.15) is 0 Å². The Morgan fingerprint density at radius 2 is 1.95 bits per heavy atom. The molecule has 1 atom stereocenters. The van der Waals surface area contributed by atoms with Crippen LogP contribution < -0.4 is 14.8 Å². The summed E-state index contributed by atoms with van der Waals surface area (Å²) in [5.74, 6) is 1.58. The fourth-order valence-corrected chi connectivity index (χ4v) is 2.89. The molecule has 0 aromatic heterocycles. The molecule has 0 bridgehead atoms. The van der Waals surface area contributed by atoms with Crippen LogP contribution in [0.1, 0.15) is 24.4 Å². The average molecular weight is 290 g/mol. The van der Waals surface area contributed by atoms with Crippen molar-refractivity contribution in [1.82, 2.24) is 10.2 Å². The van der Waals surface area contributed by atoms with Crippen LogP contribution in [0.25, 0.3) is 0 Å². The van der Waals surface area contributed by atoms with E-state index in [1.54, 1.807) is 14.2 Å². The molecule has 21 heavy (non-hydrogen) atoms. The highest BCUT2D eigenvalue weighted by Gasteiger charge is 2.22. The molecule has 1 heterocycles. The van der Waals surface area contributed by atoms with Gasteiger partial charge in [-0.1, -0.05) is 12.1 Å². The van der Waals surface area contributed by atoms with Crippen molar-refractivity contribution in [3.63, 3.8) is 0 Å². The number of methoxy groups -OCH3 is 2. The lowest BCUT2D eigenvalue weighted by molar-refractivity contribution is 0.166. The predicted molar refractivity (Wildman–Crippen MR) is 86.2 cm³/mol. The van der Waals surface area contributed by atoms with Crippen LogP contribution in [0.4, 0.5) is 0 Å². The van der Waals surface area contributed by atoms with Gasteiger partial charge in [-0.05, 0) is 30.5 Å². The first kappa shape index (κ1) is 15.9. The van der Waals surface area contributed by atoms with E-state index in [9.17, 15) is 0 Å². The number of piperazine rings is 1. The summed E-state index contributed by atoms with van der Waals surface area (Å²) in [6.45, 7) is 8.12. The second kappa shape index (κ2) is 8.05. The fourth-order valence-electron chi connectivity index (χ4n) is 2.89. The van der Waals surface area contributed by atoms with E-state index in [0.29, 0.717) is 6.04 Å². The lowest BCUT2D eigenvalue weighted by atomic mass is 9.99. The molecular weight excluding hydrogens is 264 g/mol. The zero-order chi connectivity index (χ0) is 15.1.